The van der Waals surface area contributed by atoms with Crippen LogP contribution in [0.25, 0.3) is 0 Å². The molecule has 1 saturated heterocycles. The van der Waals surface area contributed by atoms with Crippen molar-refractivity contribution in [1.29, 1.82) is 0 Å². The van der Waals surface area contributed by atoms with Crippen molar-refractivity contribution in [2.24, 2.45) is 0 Å². The van der Waals surface area contributed by atoms with Crippen LogP contribution in [-0.2, 0) is 35.4 Å². The molecule has 232 valence electrons. The smallest absolute Gasteiger partial charge is 0.337 e. The molecule has 3 atom stereocenters. The van der Waals surface area contributed by atoms with E-state index in [4.69, 9.17) is 9.47 Å². The van der Waals surface area contributed by atoms with Crippen molar-refractivity contribution < 1.29 is 29.0 Å². The maximum atomic E-state index is 14.4. The Morgan fingerprint density at radius 2 is 1.18 bits per heavy atom. The van der Waals surface area contributed by atoms with Crippen molar-refractivity contribution in [3.05, 3.63) is 143 Å². The Balaban J connectivity index is 1.53. The van der Waals surface area contributed by atoms with Crippen LogP contribution >= 0.6 is 0 Å². The van der Waals surface area contributed by atoms with Crippen LogP contribution in [0, 0.1) is 0 Å². The lowest BCUT2D eigenvalue weighted by Gasteiger charge is -2.32. The third kappa shape index (κ3) is 7.59. The third-order valence-corrected chi connectivity index (χ3v) is 8.30. The molecule has 0 aromatic heterocycles. The maximum Gasteiger partial charge on any atom is 0.337 e. The third-order valence-electron chi connectivity index (χ3n) is 8.30. The molecule has 1 heterocycles. The van der Waals surface area contributed by atoms with Crippen LogP contribution in [0.5, 0.6) is 0 Å². The molecule has 0 spiro atoms. The van der Waals surface area contributed by atoms with Crippen molar-refractivity contribution in [2.75, 3.05) is 14.2 Å². The van der Waals surface area contributed by atoms with Crippen molar-refractivity contribution in [3.8, 4) is 0 Å². The van der Waals surface area contributed by atoms with Gasteiger partial charge in [0, 0.05) is 19.5 Å². The van der Waals surface area contributed by atoms with Crippen LogP contribution in [0.15, 0.2) is 109 Å². The number of aryl methyl sites for hydroxylation is 1. The summed E-state index contributed by atoms with van der Waals surface area (Å²) >= 11 is 0. The zero-order valence-electron chi connectivity index (χ0n) is 25.5. The highest BCUT2D eigenvalue weighted by Crippen LogP contribution is 2.33. The van der Waals surface area contributed by atoms with E-state index in [2.05, 4.69) is 12.1 Å². The predicted octanol–water partition coefficient (Wildman–Crippen LogP) is 5.67. The van der Waals surface area contributed by atoms with Gasteiger partial charge in [-0.05, 0) is 59.4 Å². The molecule has 2 amide bonds. The zero-order valence-corrected chi connectivity index (χ0v) is 25.5. The summed E-state index contributed by atoms with van der Waals surface area (Å²) in [5.74, 6) is -0.911. The van der Waals surface area contributed by atoms with Gasteiger partial charge in [0.2, 0.25) is 0 Å². The van der Waals surface area contributed by atoms with Crippen molar-refractivity contribution >= 4 is 18.0 Å². The van der Waals surface area contributed by atoms with Gasteiger partial charge in [-0.25, -0.2) is 14.4 Å². The van der Waals surface area contributed by atoms with Crippen LogP contribution in [0.1, 0.15) is 49.4 Å². The van der Waals surface area contributed by atoms with Gasteiger partial charge in [-0.2, -0.15) is 0 Å². The van der Waals surface area contributed by atoms with Gasteiger partial charge in [0.1, 0.15) is 0 Å². The molecule has 0 saturated carbocycles. The van der Waals surface area contributed by atoms with Crippen LogP contribution in [0.3, 0.4) is 0 Å². The van der Waals surface area contributed by atoms with E-state index < -0.39 is 24.1 Å². The molecule has 4 aromatic rings. The Bertz CT molecular complexity index is 1610. The average molecular weight is 607 g/mol. The fourth-order valence-corrected chi connectivity index (χ4v) is 6.13. The number of carbonyl (C=O) groups is 3. The minimum Gasteiger partial charge on any atom is -0.465 e. The van der Waals surface area contributed by atoms with Gasteiger partial charge in [-0.1, -0.05) is 84.9 Å². The predicted molar refractivity (Wildman–Crippen MR) is 171 cm³/mol. The first-order valence-electron chi connectivity index (χ1n) is 15.1. The largest absolute Gasteiger partial charge is 0.465 e. The lowest BCUT2D eigenvalue weighted by molar-refractivity contribution is 0.0590. The van der Waals surface area contributed by atoms with Gasteiger partial charge in [0.15, 0.2) is 0 Å². The molecule has 45 heavy (non-hydrogen) atoms. The number of methoxy groups -OCH3 is 2. The molecular formula is C37H38N2O6. The van der Waals surface area contributed by atoms with Gasteiger partial charge >= 0.3 is 18.0 Å². The highest BCUT2D eigenvalue weighted by atomic mass is 16.5. The number of benzene rings is 4. The van der Waals surface area contributed by atoms with Gasteiger partial charge < -0.3 is 24.4 Å². The summed E-state index contributed by atoms with van der Waals surface area (Å²) in [7, 11) is 2.67. The van der Waals surface area contributed by atoms with E-state index >= 15 is 0 Å². The Morgan fingerprint density at radius 3 is 1.71 bits per heavy atom. The van der Waals surface area contributed by atoms with Crippen molar-refractivity contribution in [1.82, 2.24) is 9.80 Å². The van der Waals surface area contributed by atoms with Crippen LogP contribution in [0.4, 0.5) is 4.79 Å². The molecule has 1 fully saturated rings. The molecule has 1 aliphatic rings. The second kappa shape index (κ2) is 14.7. The topological polar surface area (TPSA) is 96.4 Å². The molecule has 1 N–H and O–H groups in total. The summed E-state index contributed by atoms with van der Waals surface area (Å²) in [6.45, 7) is 0.442. The highest BCUT2D eigenvalue weighted by Gasteiger charge is 2.48. The molecule has 5 rings (SSSR count). The number of rotatable bonds is 12. The normalized spacial score (nSPS) is 16.8. The van der Waals surface area contributed by atoms with Gasteiger partial charge in [0.05, 0.1) is 43.5 Å². The Labute approximate surface area is 263 Å². The quantitative estimate of drug-likeness (QED) is 0.209. The number of ether oxygens (including phenoxy) is 2. The first-order valence-corrected chi connectivity index (χ1v) is 15.1. The number of hydrogen-bond donors (Lipinski definition) is 1. The fraction of sp³-hybridized carbons (Fsp3) is 0.270. The monoisotopic (exact) mass is 606 g/mol. The number of esters is 2. The zero-order chi connectivity index (χ0) is 31.8. The number of hydrogen-bond acceptors (Lipinski definition) is 6. The molecule has 3 unspecified atom stereocenters. The summed E-state index contributed by atoms with van der Waals surface area (Å²) in [6.07, 6.45) is 0.817. The van der Waals surface area contributed by atoms with E-state index in [9.17, 15) is 19.5 Å². The fourth-order valence-electron chi connectivity index (χ4n) is 6.13. The number of nitrogens with zero attached hydrogens (tertiary/aromatic N) is 2. The molecule has 1 aliphatic heterocycles. The van der Waals surface area contributed by atoms with Crippen LogP contribution in [-0.4, -0.2) is 65.3 Å². The SMILES string of the molecule is COC(=O)c1cccc(CN2C(=O)N(Cc3cccc(C(=O)OC)c3)C(C(O)Cc3ccccc3)C2CCc2ccccc2)c1. The van der Waals surface area contributed by atoms with E-state index in [1.165, 1.54) is 14.2 Å². The molecular weight excluding hydrogens is 568 g/mol. The molecule has 4 aromatic carbocycles. The first-order chi connectivity index (χ1) is 21.9. The second-order valence-electron chi connectivity index (χ2n) is 11.3. The molecule has 0 radical (unpaired) electrons. The Kier molecular flexibility index (Phi) is 10.3. The van der Waals surface area contributed by atoms with E-state index in [0.29, 0.717) is 30.4 Å². The van der Waals surface area contributed by atoms with E-state index in [1.54, 1.807) is 41.3 Å². The van der Waals surface area contributed by atoms with Gasteiger partial charge in [-0.3, -0.25) is 0 Å². The van der Waals surface area contributed by atoms with E-state index in [0.717, 1.165) is 22.3 Å². The Morgan fingerprint density at radius 1 is 0.689 bits per heavy atom. The summed E-state index contributed by atoms with van der Waals surface area (Å²) < 4.78 is 9.84. The number of aliphatic hydroxyl groups is 1. The molecule has 8 nitrogen and oxygen atoms in total. The summed E-state index contributed by atoms with van der Waals surface area (Å²) in [4.78, 5) is 42.5. The minimum atomic E-state index is -0.868. The summed E-state index contributed by atoms with van der Waals surface area (Å²) in [6, 6.07) is 32.8. The second-order valence-corrected chi connectivity index (χ2v) is 11.3. The van der Waals surface area contributed by atoms with Crippen LogP contribution in [0.2, 0.25) is 0 Å². The van der Waals surface area contributed by atoms with E-state index in [-0.39, 0.29) is 25.2 Å². The van der Waals surface area contributed by atoms with Crippen LogP contribution < -0.4 is 0 Å². The maximum absolute atomic E-state index is 14.4. The molecule has 0 bridgehead atoms. The standard InChI is InChI=1S/C37H38N2O6/c1-44-35(41)30-17-9-15-28(21-30)24-38-32(20-19-26-11-5-3-6-12-26)34(33(40)23-27-13-7-4-8-14-27)39(37(38)43)25-29-16-10-18-31(22-29)36(42)45-2/h3-18,21-22,32-34,40H,19-20,23-25H2,1-2H3. The first kappa shape index (κ1) is 31.5. The molecule has 0 aliphatic carbocycles. The van der Waals surface area contributed by atoms with Crippen molar-refractivity contribution in [2.45, 2.75) is 50.5 Å². The summed E-state index contributed by atoms with van der Waals surface area (Å²) in [5, 5.41) is 11.9. The lowest BCUT2D eigenvalue weighted by atomic mass is 9.91. The van der Waals surface area contributed by atoms with Gasteiger partial charge in [0.25, 0.3) is 0 Å². The number of aliphatic hydroxyl groups excluding tert-OH is 1. The molecule has 8 heteroatoms. The minimum absolute atomic E-state index is 0.195. The van der Waals surface area contributed by atoms with Crippen molar-refractivity contribution in [3.63, 3.8) is 0 Å². The average Bonchev–Trinajstić information content (AvgIpc) is 3.33. The highest BCUT2D eigenvalue weighted by molar-refractivity contribution is 5.90. The number of urea groups is 1. The number of amides is 2. The van der Waals surface area contributed by atoms with E-state index in [1.807, 2.05) is 65.6 Å². The summed E-state index contributed by atoms with van der Waals surface area (Å²) in [5.41, 5.74) is 4.43. The lowest BCUT2D eigenvalue weighted by Crippen LogP contribution is -2.47. The number of carbonyl (C=O) groups excluding carboxylic acids is 3. The Hall–Kier alpha value is -4.95. The van der Waals surface area contributed by atoms with Gasteiger partial charge in [-0.15, -0.1) is 0 Å².